The van der Waals surface area contributed by atoms with Crippen LogP contribution < -0.4 is 10.6 Å². The number of pyridine rings is 1. The van der Waals surface area contributed by atoms with Crippen molar-refractivity contribution in [1.82, 2.24) is 20.1 Å². The summed E-state index contributed by atoms with van der Waals surface area (Å²) in [4.78, 5) is 33.6. The van der Waals surface area contributed by atoms with E-state index in [4.69, 9.17) is 4.74 Å². The smallest absolute Gasteiger partial charge is 0.252 e. The molecule has 2 aromatic rings. The number of anilines is 1. The number of nitrogens with zero attached hydrogens (tertiary/aromatic N) is 3. The first kappa shape index (κ1) is 21.5. The van der Waals surface area contributed by atoms with Crippen LogP contribution in [-0.2, 0) is 9.53 Å². The van der Waals surface area contributed by atoms with Gasteiger partial charge in [0.2, 0.25) is 5.91 Å². The standard InChI is InChI=1S/C23H31N5O3/c29-22-7-3-10-28(22)11-4-8-24-21-17-19(18-5-1-2-6-20(18)26-21)23(30)25-9-12-27-13-15-31-16-14-27/h1-2,5-6,17H,3-4,7-16H2,(H,24,26)(H,25,30). The number of aromatic nitrogens is 1. The highest BCUT2D eigenvalue weighted by molar-refractivity contribution is 6.07. The Morgan fingerprint density at radius 2 is 1.94 bits per heavy atom. The molecule has 166 valence electrons. The van der Waals surface area contributed by atoms with Crippen LogP contribution in [0.1, 0.15) is 29.6 Å². The molecular weight excluding hydrogens is 394 g/mol. The lowest BCUT2D eigenvalue weighted by molar-refractivity contribution is -0.127. The minimum atomic E-state index is -0.0856. The molecule has 2 amide bonds. The average Bonchev–Trinajstić information content (AvgIpc) is 3.21. The molecule has 0 radical (unpaired) electrons. The Morgan fingerprint density at radius 3 is 2.74 bits per heavy atom. The molecule has 2 aliphatic heterocycles. The highest BCUT2D eigenvalue weighted by Gasteiger charge is 2.19. The van der Waals surface area contributed by atoms with Crippen LogP contribution in [0.4, 0.5) is 5.82 Å². The van der Waals surface area contributed by atoms with Gasteiger partial charge in [-0.1, -0.05) is 18.2 Å². The topological polar surface area (TPSA) is 86.8 Å². The van der Waals surface area contributed by atoms with E-state index >= 15 is 0 Å². The molecule has 3 heterocycles. The van der Waals surface area contributed by atoms with Gasteiger partial charge < -0.3 is 20.3 Å². The zero-order chi connectivity index (χ0) is 21.5. The number of carbonyl (C=O) groups excluding carboxylic acids is 2. The van der Waals surface area contributed by atoms with Crippen molar-refractivity contribution in [1.29, 1.82) is 0 Å². The Balaban J connectivity index is 1.36. The minimum absolute atomic E-state index is 0.0856. The van der Waals surface area contributed by atoms with Gasteiger partial charge in [0, 0.05) is 57.6 Å². The first-order valence-corrected chi connectivity index (χ1v) is 11.2. The summed E-state index contributed by atoms with van der Waals surface area (Å²) in [6.07, 6.45) is 2.48. The molecule has 0 unspecified atom stereocenters. The predicted molar refractivity (Wildman–Crippen MR) is 120 cm³/mol. The van der Waals surface area contributed by atoms with Crippen molar-refractivity contribution < 1.29 is 14.3 Å². The molecule has 4 rings (SSSR count). The number of para-hydroxylation sites is 1. The van der Waals surface area contributed by atoms with Gasteiger partial charge in [0.25, 0.3) is 5.91 Å². The van der Waals surface area contributed by atoms with Crippen LogP contribution in [0.25, 0.3) is 10.9 Å². The Labute approximate surface area is 182 Å². The van der Waals surface area contributed by atoms with Crippen molar-refractivity contribution in [3.05, 3.63) is 35.9 Å². The van der Waals surface area contributed by atoms with Crippen molar-refractivity contribution in [3.63, 3.8) is 0 Å². The molecule has 1 aromatic heterocycles. The number of rotatable bonds is 9. The SMILES string of the molecule is O=C(NCCN1CCOCC1)c1cc(NCCCN2CCCC2=O)nc2ccccc12. The van der Waals surface area contributed by atoms with Gasteiger partial charge in [0.05, 0.1) is 24.3 Å². The van der Waals surface area contributed by atoms with E-state index in [1.165, 1.54) is 0 Å². The number of hydrogen-bond donors (Lipinski definition) is 2. The van der Waals surface area contributed by atoms with Crippen LogP contribution in [0.3, 0.4) is 0 Å². The molecule has 0 saturated carbocycles. The summed E-state index contributed by atoms with van der Waals surface area (Å²) >= 11 is 0. The van der Waals surface area contributed by atoms with Gasteiger partial charge in [-0.15, -0.1) is 0 Å². The fraction of sp³-hybridized carbons (Fsp3) is 0.522. The van der Waals surface area contributed by atoms with Gasteiger partial charge in [-0.25, -0.2) is 4.98 Å². The molecule has 1 aromatic carbocycles. The third kappa shape index (κ3) is 5.71. The number of benzene rings is 1. The molecule has 31 heavy (non-hydrogen) atoms. The second kappa shape index (κ2) is 10.5. The monoisotopic (exact) mass is 425 g/mol. The quantitative estimate of drug-likeness (QED) is 0.595. The zero-order valence-electron chi connectivity index (χ0n) is 17.9. The van der Waals surface area contributed by atoms with Gasteiger partial charge in [-0.2, -0.15) is 0 Å². The van der Waals surface area contributed by atoms with Crippen LogP contribution in [0, 0.1) is 0 Å². The molecule has 2 fully saturated rings. The number of morpholine rings is 1. The molecule has 0 bridgehead atoms. The van der Waals surface area contributed by atoms with E-state index in [0.717, 1.165) is 69.7 Å². The molecule has 2 saturated heterocycles. The second-order valence-electron chi connectivity index (χ2n) is 8.05. The van der Waals surface area contributed by atoms with Gasteiger partial charge in [-0.3, -0.25) is 14.5 Å². The number of amides is 2. The maximum Gasteiger partial charge on any atom is 0.252 e. The summed E-state index contributed by atoms with van der Waals surface area (Å²) < 4.78 is 5.37. The lowest BCUT2D eigenvalue weighted by Crippen LogP contribution is -2.41. The number of ether oxygens (including phenoxy) is 1. The van der Waals surface area contributed by atoms with Crippen molar-refractivity contribution >= 4 is 28.5 Å². The lowest BCUT2D eigenvalue weighted by Gasteiger charge is -2.26. The summed E-state index contributed by atoms with van der Waals surface area (Å²) in [7, 11) is 0. The largest absolute Gasteiger partial charge is 0.379 e. The highest BCUT2D eigenvalue weighted by Crippen LogP contribution is 2.21. The van der Waals surface area contributed by atoms with E-state index in [2.05, 4.69) is 20.5 Å². The molecule has 8 heteroatoms. The van der Waals surface area contributed by atoms with Gasteiger partial charge >= 0.3 is 0 Å². The van der Waals surface area contributed by atoms with Gasteiger partial charge in [0.1, 0.15) is 5.82 Å². The van der Waals surface area contributed by atoms with Crippen LogP contribution in [0.15, 0.2) is 30.3 Å². The van der Waals surface area contributed by atoms with Crippen LogP contribution in [0.5, 0.6) is 0 Å². The molecule has 0 aliphatic carbocycles. The number of nitrogens with one attached hydrogen (secondary N) is 2. The Bertz CT molecular complexity index is 913. The first-order chi connectivity index (χ1) is 15.2. The fourth-order valence-electron chi connectivity index (χ4n) is 4.13. The molecule has 2 aliphatic rings. The Hall–Kier alpha value is -2.71. The second-order valence-corrected chi connectivity index (χ2v) is 8.05. The van der Waals surface area contributed by atoms with Crippen LogP contribution in [-0.4, -0.2) is 85.6 Å². The van der Waals surface area contributed by atoms with Crippen molar-refractivity contribution in [2.45, 2.75) is 19.3 Å². The third-order valence-corrected chi connectivity index (χ3v) is 5.86. The van der Waals surface area contributed by atoms with Crippen molar-refractivity contribution in [2.24, 2.45) is 0 Å². The van der Waals surface area contributed by atoms with Crippen LogP contribution >= 0.6 is 0 Å². The van der Waals surface area contributed by atoms with E-state index < -0.39 is 0 Å². The zero-order valence-corrected chi connectivity index (χ0v) is 17.9. The van der Waals surface area contributed by atoms with E-state index in [9.17, 15) is 9.59 Å². The summed E-state index contributed by atoms with van der Waals surface area (Å²) in [5.74, 6) is 0.849. The summed E-state index contributed by atoms with van der Waals surface area (Å²) in [5, 5.41) is 7.23. The summed E-state index contributed by atoms with van der Waals surface area (Å²) in [5.41, 5.74) is 1.42. The average molecular weight is 426 g/mol. The van der Waals surface area contributed by atoms with E-state index in [1.54, 1.807) is 0 Å². The van der Waals surface area contributed by atoms with E-state index in [1.807, 2.05) is 35.2 Å². The van der Waals surface area contributed by atoms with E-state index in [0.29, 0.717) is 30.9 Å². The number of fused-ring (bicyclic) bond motifs is 1. The third-order valence-electron chi connectivity index (χ3n) is 5.86. The minimum Gasteiger partial charge on any atom is -0.379 e. The normalized spacial score (nSPS) is 17.3. The number of likely N-dealkylation sites (tertiary alicyclic amines) is 1. The fourth-order valence-corrected chi connectivity index (χ4v) is 4.13. The van der Waals surface area contributed by atoms with Crippen molar-refractivity contribution in [2.75, 3.05) is 64.3 Å². The molecule has 2 N–H and O–H groups in total. The Morgan fingerprint density at radius 1 is 1.10 bits per heavy atom. The molecule has 0 atom stereocenters. The number of hydrogen-bond acceptors (Lipinski definition) is 6. The van der Waals surface area contributed by atoms with Gasteiger partial charge in [0.15, 0.2) is 0 Å². The first-order valence-electron chi connectivity index (χ1n) is 11.2. The van der Waals surface area contributed by atoms with Gasteiger partial charge in [-0.05, 0) is 25.0 Å². The maximum atomic E-state index is 12.9. The molecule has 8 nitrogen and oxygen atoms in total. The summed E-state index contributed by atoms with van der Waals surface area (Å²) in [6, 6.07) is 9.54. The van der Waals surface area contributed by atoms with E-state index in [-0.39, 0.29) is 11.8 Å². The lowest BCUT2D eigenvalue weighted by atomic mass is 10.1. The highest BCUT2D eigenvalue weighted by atomic mass is 16.5. The molecule has 0 spiro atoms. The van der Waals surface area contributed by atoms with Crippen LogP contribution in [0.2, 0.25) is 0 Å². The predicted octanol–water partition coefficient (Wildman–Crippen LogP) is 1.72. The summed E-state index contributed by atoms with van der Waals surface area (Å²) in [6.45, 7) is 7.06. The Kier molecular flexibility index (Phi) is 7.32. The maximum absolute atomic E-state index is 12.9. The molecular formula is C23H31N5O3. The van der Waals surface area contributed by atoms with Crippen molar-refractivity contribution in [3.8, 4) is 0 Å². The number of carbonyl (C=O) groups is 2.